The Morgan fingerprint density at radius 2 is 2.59 bits per heavy atom. The van der Waals surface area contributed by atoms with Gasteiger partial charge < -0.3 is 10.6 Å². The number of nitrogens with one attached hydrogen (secondary N) is 2. The fraction of sp³-hybridized carbons (Fsp3) is 0.462. The van der Waals surface area contributed by atoms with Crippen molar-refractivity contribution >= 4 is 23.3 Å². The van der Waals surface area contributed by atoms with Crippen LogP contribution in [-0.2, 0) is 4.79 Å². The van der Waals surface area contributed by atoms with Gasteiger partial charge >= 0.3 is 0 Å². The Balaban J connectivity index is 1.63. The number of amides is 1. The van der Waals surface area contributed by atoms with Crippen LogP contribution < -0.4 is 10.6 Å². The van der Waals surface area contributed by atoms with Crippen molar-refractivity contribution in [3.05, 3.63) is 28.5 Å². The third-order valence-corrected chi connectivity index (χ3v) is 3.73. The maximum absolute atomic E-state index is 11.5. The molecule has 1 saturated heterocycles. The molecule has 1 fully saturated rings. The quantitative estimate of drug-likeness (QED) is 0.785. The molecule has 1 aliphatic heterocycles. The highest BCUT2D eigenvalue weighted by molar-refractivity contribution is 7.10. The van der Waals surface area contributed by atoms with E-state index in [9.17, 15) is 4.79 Å². The molecule has 17 heavy (non-hydrogen) atoms. The first-order valence-corrected chi connectivity index (χ1v) is 6.95. The number of rotatable bonds is 5. The topological polar surface area (TPSA) is 41.1 Å². The molecule has 3 nitrogen and oxygen atoms in total. The molecule has 2 rings (SSSR count). The van der Waals surface area contributed by atoms with Gasteiger partial charge in [-0.2, -0.15) is 0 Å². The Morgan fingerprint density at radius 1 is 1.65 bits per heavy atom. The van der Waals surface area contributed by atoms with Crippen LogP contribution in [0.25, 0.3) is 6.08 Å². The van der Waals surface area contributed by atoms with Gasteiger partial charge in [0.05, 0.1) is 0 Å². The molecule has 92 valence electrons. The molecular formula is C13H18N2OS. The van der Waals surface area contributed by atoms with Gasteiger partial charge in [0.1, 0.15) is 0 Å². The highest BCUT2D eigenvalue weighted by atomic mass is 32.1. The lowest BCUT2D eigenvalue weighted by atomic mass is 10.1. The molecule has 0 radical (unpaired) electrons. The summed E-state index contributed by atoms with van der Waals surface area (Å²) in [6, 6.07) is 4.57. The zero-order valence-corrected chi connectivity index (χ0v) is 10.6. The van der Waals surface area contributed by atoms with E-state index in [2.05, 4.69) is 10.6 Å². The van der Waals surface area contributed by atoms with Crippen molar-refractivity contribution < 1.29 is 4.79 Å². The van der Waals surface area contributed by atoms with Gasteiger partial charge in [0.25, 0.3) is 0 Å². The normalized spacial score (nSPS) is 19.9. The van der Waals surface area contributed by atoms with Gasteiger partial charge in [-0.25, -0.2) is 0 Å². The Hall–Kier alpha value is -1.13. The van der Waals surface area contributed by atoms with Gasteiger partial charge in [0.15, 0.2) is 0 Å². The predicted molar refractivity (Wildman–Crippen MR) is 72.0 cm³/mol. The number of carbonyl (C=O) groups excluding carboxylic acids is 1. The van der Waals surface area contributed by atoms with Gasteiger partial charge in [0, 0.05) is 23.5 Å². The van der Waals surface area contributed by atoms with Crippen LogP contribution in [0.15, 0.2) is 23.6 Å². The van der Waals surface area contributed by atoms with Crippen molar-refractivity contribution in [2.75, 3.05) is 13.1 Å². The molecule has 2 heterocycles. The number of carbonyl (C=O) groups is 1. The molecule has 1 amide bonds. The molecule has 0 bridgehead atoms. The Kier molecular flexibility index (Phi) is 4.76. The van der Waals surface area contributed by atoms with E-state index in [1.165, 1.54) is 12.8 Å². The summed E-state index contributed by atoms with van der Waals surface area (Å²) in [6.07, 6.45) is 6.98. The average Bonchev–Trinajstić information content (AvgIpc) is 2.99. The van der Waals surface area contributed by atoms with Crippen LogP contribution in [0.3, 0.4) is 0 Å². The van der Waals surface area contributed by atoms with Gasteiger partial charge in [-0.3, -0.25) is 4.79 Å². The lowest BCUT2D eigenvalue weighted by Crippen LogP contribution is -2.29. The first kappa shape index (κ1) is 12.3. The monoisotopic (exact) mass is 250 g/mol. The van der Waals surface area contributed by atoms with Crippen LogP contribution in [0.1, 0.15) is 24.1 Å². The van der Waals surface area contributed by atoms with Crippen LogP contribution in [0.2, 0.25) is 0 Å². The number of hydrogen-bond acceptors (Lipinski definition) is 3. The Morgan fingerprint density at radius 3 is 3.29 bits per heavy atom. The third-order valence-electron chi connectivity index (χ3n) is 2.90. The molecule has 1 aromatic rings. The maximum Gasteiger partial charge on any atom is 0.244 e. The lowest BCUT2D eigenvalue weighted by molar-refractivity contribution is -0.116. The van der Waals surface area contributed by atoms with Crippen molar-refractivity contribution in [1.82, 2.24) is 10.6 Å². The minimum absolute atomic E-state index is 0.00334. The van der Waals surface area contributed by atoms with Crippen LogP contribution in [0.5, 0.6) is 0 Å². The van der Waals surface area contributed by atoms with E-state index < -0.39 is 0 Å². The standard InChI is InChI=1S/C13H18N2OS/c16-13(6-5-12-4-2-10-17-12)15-9-7-11-3-1-8-14-11/h2,4-6,10-11,14H,1,3,7-9H2,(H,15,16)/b6-5+/t11-/m1/s1. The fourth-order valence-corrected chi connectivity index (χ4v) is 2.59. The number of thiophene rings is 1. The summed E-state index contributed by atoms with van der Waals surface area (Å²) in [5.74, 6) is -0.00334. The summed E-state index contributed by atoms with van der Waals surface area (Å²) in [5.41, 5.74) is 0. The lowest BCUT2D eigenvalue weighted by Gasteiger charge is -2.09. The fourth-order valence-electron chi connectivity index (χ4n) is 1.98. The van der Waals surface area contributed by atoms with Crippen LogP contribution >= 0.6 is 11.3 Å². The molecular weight excluding hydrogens is 232 g/mol. The Labute approximate surface area is 106 Å². The first-order chi connectivity index (χ1) is 8.34. The molecule has 2 N–H and O–H groups in total. The van der Waals surface area contributed by atoms with Gasteiger partial charge in [-0.1, -0.05) is 6.07 Å². The van der Waals surface area contributed by atoms with Crippen LogP contribution in [0, 0.1) is 0 Å². The van der Waals surface area contributed by atoms with E-state index in [-0.39, 0.29) is 5.91 Å². The van der Waals surface area contributed by atoms with E-state index in [0.717, 1.165) is 24.4 Å². The smallest absolute Gasteiger partial charge is 0.244 e. The molecule has 0 saturated carbocycles. The van der Waals surface area contributed by atoms with Crippen LogP contribution in [0.4, 0.5) is 0 Å². The number of hydrogen-bond donors (Lipinski definition) is 2. The predicted octanol–water partition coefficient (Wildman–Crippen LogP) is 2.02. The summed E-state index contributed by atoms with van der Waals surface area (Å²) in [4.78, 5) is 12.6. The van der Waals surface area contributed by atoms with Crippen molar-refractivity contribution in [1.29, 1.82) is 0 Å². The summed E-state index contributed by atoms with van der Waals surface area (Å²) in [5, 5.41) is 8.33. The van der Waals surface area contributed by atoms with Crippen molar-refractivity contribution in [2.24, 2.45) is 0 Å². The second-order valence-corrected chi connectivity index (χ2v) is 5.20. The average molecular weight is 250 g/mol. The third kappa shape index (κ3) is 4.32. The minimum atomic E-state index is -0.00334. The molecule has 0 aliphatic carbocycles. The molecule has 4 heteroatoms. The summed E-state index contributed by atoms with van der Waals surface area (Å²) in [6.45, 7) is 1.88. The summed E-state index contributed by atoms with van der Waals surface area (Å²) >= 11 is 1.63. The zero-order valence-electron chi connectivity index (χ0n) is 9.82. The van der Waals surface area contributed by atoms with E-state index in [1.807, 2.05) is 23.6 Å². The molecule has 0 unspecified atom stereocenters. The second-order valence-electron chi connectivity index (χ2n) is 4.22. The summed E-state index contributed by atoms with van der Waals surface area (Å²) in [7, 11) is 0. The minimum Gasteiger partial charge on any atom is -0.352 e. The van der Waals surface area contributed by atoms with Gasteiger partial charge in [-0.05, 0) is 43.3 Å². The van der Waals surface area contributed by atoms with Crippen LogP contribution in [-0.4, -0.2) is 25.0 Å². The first-order valence-electron chi connectivity index (χ1n) is 6.07. The van der Waals surface area contributed by atoms with Crippen molar-refractivity contribution in [3.8, 4) is 0 Å². The SMILES string of the molecule is O=C(/C=C/c1cccs1)NCC[C@H]1CCCN1. The molecule has 1 aliphatic rings. The molecule has 0 spiro atoms. The molecule has 1 aromatic heterocycles. The van der Waals surface area contributed by atoms with E-state index >= 15 is 0 Å². The second kappa shape index (κ2) is 6.57. The zero-order chi connectivity index (χ0) is 11.9. The molecule has 1 atom stereocenters. The highest BCUT2D eigenvalue weighted by Crippen LogP contribution is 2.10. The largest absolute Gasteiger partial charge is 0.352 e. The maximum atomic E-state index is 11.5. The van der Waals surface area contributed by atoms with Crippen molar-refractivity contribution in [3.63, 3.8) is 0 Å². The van der Waals surface area contributed by atoms with Gasteiger partial charge in [0.2, 0.25) is 5.91 Å². The van der Waals surface area contributed by atoms with Crippen molar-refractivity contribution in [2.45, 2.75) is 25.3 Å². The Bertz CT molecular complexity index is 367. The van der Waals surface area contributed by atoms with E-state index in [1.54, 1.807) is 17.4 Å². The molecule has 0 aromatic carbocycles. The van der Waals surface area contributed by atoms with Gasteiger partial charge in [-0.15, -0.1) is 11.3 Å². The summed E-state index contributed by atoms with van der Waals surface area (Å²) < 4.78 is 0. The van der Waals surface area contributed by atoms with E-state index in [4.69, 9.17) is 0 Å². The van der Waals surface area contributed by atoms with E-state index in [0.29, 0.717) is 6.04 Å². The highest BCUT2D eigenvalue weighted by Gasteiger charge is 2.12.